The first-order chi connectivity index (χ1) is 11.2. The van der Waals surface area contributed by atoms with Crippen molar-refractivity contribution >= 4 is 17.3 Å². The van der Waals surface area contributed by atoms with Gasteiger partial charge in [0.05, 0.1) is 6.04 Å². The van der Waals surface area contributed by atoms with Crippen molar-refractivity contribution in [1.29, 1.82) is 0 Å². The monoisotopic (exact) mass is 310 g/mol. The van der Waals surface area contributed by atoms with Gasteiger partial charge in [-0.2, -0.15) is 0 Å². The quantitative estimate of drug-likeness (QED) is 0.765. The van der Waals surface area contributed by atoms with E-state index in [0.717, 1.165) is 5.69 Å². The van der Waals surface area contributed by atoms with Crippen LogP contribution in [0.5, 0.6) is 0 Å². The summed E-state index contributed by atoms with van der Waals surface area (Å²) < 4.78 is 0. The Kier molecular flexibility index (Phi) is 4.63. The van der Waals surface area contributed by atoms with Gasteiger partial charge in [-0.15, -0.1) is 0 Å². The molecular weight excluding hydrogens is 288 g/mol. The second-order valence-corrected chi connectivity index (χ2v) is 6.16. The van der Waals surface area contributed by atoms with Crippen LogP contribution in [0, 0.1) is 12.8 Å². The second-order valence-electron chi connectivity index (χ2n) is 6.16. The molecule has 1 fully saturated rings. The molecule has 2 aromatic carbocycles. The molecule has 1 saturated carbocycles. The molecule has 1 atom stereocenters. The highest BCUT2D eigenvalue weighted by Gasteiger charge is 2.32. The van der Waals surface area contributed by atoms with Crippen molar-refractivity contribution in [3.05, 3.63) is 59.7 Å². The van der Waals surface area contributed by atoms with E-state index in [2.05, 4.69) is 41.8 Å². The maximum Gasteiger partial charge on any atom is 0.250 e. The molecule has 0 bridgehead atoms. The summed E-state index contributed by atoms with van der Waals surface area (Å²) in [4.78, 5) is 11.3. The summed E-state index contributed by atoms with van der Waals surface area (Å²) in [5.41, 5.74) is 4.21. The molecule has 0 aromatic heterocycles. The highest BCUT2D eigenvalue weighted by molar-refractivity contribution is 5.91. The summed E-state index contributed by atoms with van der Waals surface area (Å²) in [5.74, 6) is 0.257. The molecule has 0 aliphatic heterocycles. The van der Waals surface area contributed by atoms with E-state index < -0.39 is 12.5 Å². The first kappa shape index (κ1) is 15.6. The van der Waals surface area contributed by atoms with Crippen molar-refractivity contribution in [3.63, 3.8) is 0 Å². The van der Waals surface area contributed by atoms with E-state index in [9.17, 15) is 4.79 Å². The number of aliphatic hydroxyl groups excluding tert-OH is 1. The van der Waals surface area contributed by atoms with Crippen LogP contribution in [0.4, 0.5) is 11.4 Å². The summed E-state index contributed by atoms with van der Waals surface area (Å²) in [6.45, 7) is 1.59. The molecule has 120 valence electrons. The lowest BCUT2D eigenvalue weighted by atomic mass is 10.0. The average Bonchev–Trinajstić information content (AvgIpc) is 3.39. The normalized spacial score (nSPS) is 15.0. The lowest BCUT2D eigenvalue weighted by molar-refractivity contribution is -0.118. The minimum absolute atomic E-state index is 0.291. The first-order valence-corrected chi connectivity index (χ1v) is 7.99. The molecular formula is C19H22N2O2. The van der Waals surface area contributed by atoms with Gasteiger partial charge in [0.25, 0.3) is 0 Å². The number of benzene rings is 2. The Bertz CT molecular complexity index is 678. The molecule has 1 unspecified atom stereocenters. The van der Waals surface area contributed by atoms with Crippen LogP contribution in [0.15, 0.2) is 48.5 Å². The van der Waals surface area contributed by atoms with Crippen molar-refractivity contribution < 1.29 is 9.90 Å². The van der Waals surface area contributed by atoms with Crippen LogP contribution in [-0.4, -0.2) is 17.6 Å². The Labute approximate surface area is 136 Å². The van der Waals surface area contributed by atoms with E-state index in [4.69, 9.17) is 5.11 Å². The number of carbonyl (C=O) groups excluding carboxylic acids is 1. The number of hydrogen-bond donors (Lipinski definition) is 3. The number of amides is 1. The number of carbonyl (C=O) groups is 1. The van der Waals surface area contributed by atoms with Crippen molar-refractivity contribution in [1.82, 2.24) is 0 Å². The third-order valence-corrected chi connectivity index (χ3v) is 4.14. The maximum atomic E-state index is 11.3. The molecule has 4 heteroatoms. The predicted octanol–water partition coefficient (Wildman–Crippen LogP) is 3.49. The minimum atomic E-state index is -0.508. The van der Waals surface area contributed by atoms with Gasteiger partial charge in [0.1, 0.15) is 6.61 Å². The molecule has 23 heavy (non-hydrogen) atoms. The van der Waals surface area contributed by atoms with Crippen molar-refractivity contribution in [2.45, 2.75) is 25.8 Å². The third-order valence-electron chi connectivity index (χ3n) is 4.14. The van der Waals surface area contributed by atoms with E-state index >= 15 is 0 Å². The fourth-order valence-corrected chi connectivity index (χ4v) is 2.74. The second kappa shape index (κ2) is 6.84. The van der Waals surface area contributed by atoms with E-state index in [1.807, 2.05) is 24.3 Å². The molecule has 0 spiro atoms. The highest BCUT2D eigenvalue weighted by atomic mass is 16.3. The van der Waals surface area contributed by atoms with Gasteiger partial charge < -0.3 is 15.7 Å². The Morgan fingerprint density at radius 1 is 1.17 bits per heavy atom. The fourth-order valence-electron chi connectivity index (χ4n) is 2.74. The van der Waals surface area contributed by atoms with Crippen molar-refractivity contribution in [3.8, 4) is 0 Å². The molecule has 4 nitrogen and oxygen atoms in total. The van der Waals surface area contributed by atoms with Gasteiger partial charge in [0, 0.05) is 11.4 Å². The SMILES string of the molecule is Cc1ccc(C(Nc2cccc(NC(=O)CO)c2)C2CC2)cc1. The summed E-state index contributed by atoms with van der Waals surface area (Å²) in [5, 5.41) is 15.1. The summed E-state index contributed by atoms with van der Waals surface area (Å²) in [6.07, 6.45) is 2.49. The zero-order chi connectivity index (χ0) is 16.2. The molecule has 2 aromatic rings. The lowest BCUT2D eigenvalue weighted by Crippen LogP contribution is -2.16. The van der Waals surface area contributed by atoms with E-state index in [-0.39, 0.29) is 0 Å². The minimum Gasteiger partial charge on any atom is -0.387 e. The predicted molar refractivity (Wildman–Crippen MR) is 92.4 cm³/mol. The maximum absolute atomic E-state index is 11.3. The number of nitrogens with one attached hydrogen (secondary N) is 2. The Morgan fingerprint density at radius 2 is 1.87 bits per heavy atom. The Balaban J connectivity index is 1.76. The van der Waals surface area contributed by atoms with Gasteiger partial charge in [-0.1, -0.05) is 35.9 Å². The van der Waals surface area contributed by atoms with Crippen LogP contribution in [0.1, 0.15) is 30.0 Å². The number of aryl methyl sites for hydroxylation is 1. The largest absolute Gasteiger partial charge is 0.387 e. The average molecular weight is 310 g/mol. The van der Waals surface area contributed by atoms with Gasteiger partial charge >= 0.3 is 0 Å². The standard InChI is InChI=1S/C19H22N2O2/c1-13-5-7-14(8-6-13)19(15-9-10-15)21-17-4-2-3-16(11-17)20-18(23)12-22/h2-8,11,15,19,21-22H,9-10,12H2,1H3,(H,20,23). The van der Waals surface area contributed by atoms with Gasteiger partial charge in [-0.3, -0.25) is 4.79 Å². The van der Waals surface area contributed by atoms with Crippen molar-refractivity contribution in [2.24, 2.45) is 5.92 Å². The molecule has 3 rings (SSSR count). The number of aliphatic hydroxyl groups is 1. The van der Waals surface area contributed by atoms with Gasteiger partial charge in [0.15, 0.2) is 0 Å². The lowest BCUT2D eigenvalue weighted by Gasteiger charge is -2.21. The molecule has 0 radical (unpaired) electrons. The van der Waals surface area contributed by atoms with E-state index in [1.165, 1.54) is 24.0 Å². The number of rotatable bonds is 6. The fraction of sp³-hybridized carbons (Fsp3) is 0.316. The number of anilines is 2. The highest BCUT2D eigenvalue weighted by Crippen LogP contribution is 2.43. The molecule has 1 aliphatic rings. The summed E-state index contributed by atoms with van der Waals surface area (Å²) >= 11 is 0. The van der Waals surface area contributed by atoms with Gasteiger partial charge in [-0.05, 0) is 49.4 Å². The van der Waals surface area contributed by atoms with Crippen LogP contribution in [-0.2, 0) is 4.79 Å². The zero-order valence-electron chi connectivity index (χ0n) is 13.3. The third kappa shape index (κ3) is 4.11. The van der Waals surface area contributed by atoms with Crippen LogP contribution >= 0.6 is 0 Å². The number of hydrogen-bond acceptors (Lipinski definition) is 3. The first-order valence-electron chi connectivity index (χ1n) is 7.99. The van der Waals surface area contributed by atoms with Crippen LogP contribution in [0.2, 0.25) is 0 Å². The van der Waals surface area contributed by atoms with Crippen LogP contribution < -0.4 is 10.6 Å². The van der Waals surface area contributed by atoms with Crippen LogP contribution in [0.3, 0.4) is 0 Å². The topological polar surface area (TPSA) is 61.4 Å². The molecule has 1 amide bonds. The summed E-state index contributed by atoms with van der Waals surface area (Å²) in [6, 6.07) is 16.6. The van der Waals surface area contributed by atoms with E-state index in [0.29, 0.717) is 17.6 Å². The van der Waals surface area contributed by atoms with Gasteiger partial charge in [0.2, 0.25) is 5.91 Å². The van der Waals surface area contributed by atoms with Crippen LogP contribution in [0.25, 0.3) is 0 Å². The zero-order valence-corrected chi connectivity index (χ0v) is 13.3. The molecule has 3 N–H and O–H groups in total. The Hall–Kier alpha value is -2.33. The smallest absolute Gasteiger partial charge is 0.250 e. The molecule has 1 aliphatic carbocycles. The molecule has 0 saturated heterocycles. The Morgan fingerprint density at radius 3 is 2.52 bits per heavy atom. The van der Waals surface area contributed by atoms with Crippen molar-refractivity contribution in [2.75, 3.05) is 17.2 Å². The van der Waals surface area contributed by atoms with E-state index in [1.54, 1.807) is 0 Å². The van der Waals surface area contributed by atoms with Gasteiger partial charge in [-0.25, -0.2) is 0 Å². The summed E-state index contributed by atoms with van der Waals surface area (Å²) in [7, 11) is 0. The molecule has 0 heterocycles.